The van der Waals surface area contributed by atoms with Crippen molar-refractivity contribution in [2.45, 2.75) is 0 Å². The molecule has 0 aliphatic carbocycles. The molecule has 8 aromatic carbocycles. The zero-order chi connectivity index (χ0) is 34.6. The van der Waals surface area contributed by atoms with Gasteiger partial charge >= 0.3 is 0 Å². The van der Waals surface area contributed by atoms with Crippen LogP contribution in [0.5, 0.6) is 0 Å². The Bertz CT molecular complexity index is 2920. The van der Waals surface area contributed by atoms with Crippen molar-refractivity contribution in [3.05, 3.63) is 176 Å². The lowest BCUT2D eigenvalue weighted by atomic mass is 9.33. The molecule has 0 N–H and O–H groups in total. The Kier molecular flexibility index (Phi) is 5.83. The molecule has 0 saturated carbocycles. The second-order valence-electron chi connectivity index (χ2n) is 14.1. The zero-order valence-electron chi connectivity index (χ0n) is 28.5. The van der Waals surface area contributed by atoms with E-state index >= 15 is 0 Å². The maximum atomic E-state index is 6.30. The molecule has 2 aliphatic heterocycles. The van der Waals surface area contributed by atoms with Gasteiger partial charge in [-0.15, -0.1) is 0 Å². The van der Waals surface area contributed by atoms with E-state index in [0.717, 1.165) is 60.8 Å². The first-order valence-electron chi connectivity index (χ1n) is 18.1. The van der Waals surface area contributed by atoms with Gasteiger partial charge in [-0.2, -0.15) is 0 Å². The van der Waals surface area contributed by atoms with Gasteiger partial charge in [0.05, 0.1) is 0 Å². The van der Waals surface area contributed by atoms with Crippen LogP contribution >= 0.6 is 0 Å². The molecule has 0 radical (unpaired) electrons. The highest BCUT2D eigenvalue weighted by atomic mass is 16.3. The molecule has 0 fully saturated rings. The van der Waals surface area contributed by atoms with E-state index in [9.17, 15) is 0 Å². The van der Waals surface area contributed by atoms with E-state index in [-0.39, 0.29) is 6.71 Å². The fourth-order valence-corrected chi connectivity index (χ4v) is 8.96. The molecule has 0 bridgehead atoms. The zero-order valence-corrected chi connectivity index (χ0v) is 28.5. The summed E-state index contributed by atoms with van der Waals surface area (Å²) >= 11 is 0. The highest BCUT2D eigenvalue weighted by Gasteiger charge is 2.43. The van der Waals surface area contributed by atoms with E-state index in [4.69, 9.17) is 8.83 Å². The molecule has 10 aromatic rings. The van der Waals surface area contributed by atoms with Crippen LogP contribution < -0.4 is 26.2 Å². The van der Waals surface area contributed by atoms with E-state index in [1.165, 1.54) is 44.7 Å². The first-order valence-corrected chi connectivity index (χ1v) is 18.1. The van der Waals surface area contributed by atoms with Crippen LogP contribution in [0.15, 0.2) is 185 Å². The Morgan fingerprint density at radius 1 is 0.340 bits per heavy atom. The van der Waals surface area contributed by atoms with Crippen LogP contribution in [0.3, 0.4) is 0 Å². The molecule has 2 aliphatic rings. The van der Waals surface area contributed by atoms with Crippen molar-refractivity contribution in [3.8, 4) is 11.1 Å². The minimum Gasteiger partial charge on any atom is -0.456 e. The average molecular weight is 677 g/mol. The van der Waals surface area contributed by atoms with E-state index in [0.29, 0.717) is 0 Å². The van der Waals surface area contributed by atoms with Crippen LogP contribution in [0.2, 0.25) is 0 Å². The monoisotopic (exact) mass is 676 g/mol. The second-order valence-corrected chi connectivity index (χ2v) is 14.1. The van der Waals surface area contributed by atoms with E-state index < -0.39 is 0 Å². The number of rotatable bonds is 3. The molecule has 0 amide bonds. The lowest BCUT2D eigenvalue weighted by molar-refractivity contribution is 0.668. The topological polar surface area (TPSA) is 32.8 Å². The second kappa shape index (κ2) is 10.8. The fourth-order valence-electron chi connectivity index (χ4n) is 8.96. The third-order valence-electron chi connectivity index (χ3n) is 11.2. The first-order chi connectivity index (χ1) is 26.3. The maximum absolute atomic E-state index is 6.30. The van der Waals surface area contributed by atoms with Gasteiger partial charge in [0.2, 0.25) is 0 Å². The van der Waals surface area contributed by atoms with Gasteiger partial charge in [0, 0.05) is 55.7 Å². The van der Waals surface area contributed by atoms with E-state index in [1.54, 1.807) is 0 Å². The van der Waals surface area contributed by atoms with Crippen LogP contribution in [-0.4, -0.2) is 6.71 Å². The third kappa shape index (κ3) is 4.07. The van der Waals surface area contributed by atoms with Crippen molar-refractivity contribution in [2.24, 2.45) is 0 Å². The number of hydrogen-bond donors (Lipinski definition) is 0. The summed E-state index contributed by atoms with van der Waals surface area (Å²) in [5.74, 6) is 0. The van der Waals surface area contributed by atoms with Crippen LogP contribution in [0.4, 0.5) is 34.1 Å². The normalized spacial score (nSPS) is 13.2. The Labute approximate surface area is 305 Å². The molecule has 246 valence electrons. The highest BCUT2D eigenvalue weighted by Crippen LogP contribution is 2.47. The molecule has 4 heterocycles. The smallest absolute Gasteiger partial charge is 0.252 e. The predicted octanol–water partition coefficient (Wildman–Crippen LogP) is 11.2. The van der Waals surface area contributed by atoms with Gasteiger partial charge in [-0.25, -0.2) is 0 Å². The van der Waals surface area contributed by atoms with E-state index in [1.807, 2.05) is 24.3 Å². The number of furan rings is 2. The summed E-state index contributed by atoms with van der Waals surface area (Å²) in [5, 5.41) is 4.46. The molecule has 5 heteroatoms. The Balaban J connectivity index is 1.18. The molecule has 53 heavy (non-hydrogen) atoms. The lowest BCUT2D eigenvalue weighted by Crippen LogP contribution is -2.61. The third-order valence-corrected chi connectivity index (χ3v) is 11.2. The number of benzene rings is 8. The van der Waals surface area contributed by atoms with Gasteiger partial charge < -0.3 is 18.6 Å². The summed E-state index contributed by atoms with van der Waals surface area (Å²) in [4.78, 5) is 4.94. The molecule has 0 saturated heterocycles. The largest absolute Gasteiger partial charge is 0.456 e. The van der Waals surface area contributed by atoms with Gasteiger partial charge in [0.1, 0.15) is 22.3 Å². The number of anilines is 6. The fraction of sp³-hybridized carbons (Fsp3) is 0. The van der Waals surface area contributed by atoms with Crippen molar-refractivity contribution in [1.82, 2.24) is 0 Å². The van der Waals surface area contributed by atoms with Crippen molar-refractivity contribution in [2.75, 3.05) is 9.80 Å². The lowest BCUT2D eigenvalue weighted by Gasteiger charge is -2.44. The molecule has 2 aromatic heterocycles. The summed E-state index contributed by atoms with van der Waals surface area (Å²) in [6.07, 6.45) is 0. The van der Waals surface area contributed by atoms with Crippen molar-refractivity contribution in [3.63, 3.8) is 0 Å². The van der Waals surface area contributed by atoms with Crippen molar-refractivity contribution in [1.29, 1.82) is 0 Å². The summed E-state index contributed by atoms with van der Waals surface area (Å²) < 4.78 is 12.6. The van der Waals surface area contributed by atoms with Gasteiger partial charge in [0.25, 0.3) is 6.71 Å². The maximum Gasteiger partial charge on any atom is 0.252 e. The van der Waals surface area contributed by atoms with Gasteiger partial charge in [-0.1, -0.05) is 103 Å². The predicted molar refractivity (Wildman–Crippen MR) is 220 cm³/mol. The Morgan fingerprint density at radius 3 is 1.34 bits per heavy atom. The minimum atomic E-state index is 0.0432. The number of nitrogens with zero attached hydrogens (tertiary/aromatic N) is 2. The van der Waals surface area contributed by atoms with Crippen LogP contribution in [-0.2, 0) is 0 Å². The van der Waals surface area contributed by atoms with Gasteiger partial charge in [0.15, 0.2) is 0 Å². The summed E-state index contributed by atoms with van der Waals surface area (Å²) in [6.45, 7) is 0.0432. The molecule has 0 atom stereocenters. The molecular formula is C48H29BN2O2. The number of hydrogen-bond acceptors (Lipinski definition) is 4. The SMILES string of the molecule is c1ccc(-c2cc3c4c(c2)N(c2ccc5oc6ccccc6c5c2)c2ccccc2B4c2ccccc2N3c2ccc3oc4ccccc4c3c2)cc1. The average Bonchev–Trinajstić information content (AvgIpc) is 3.78. The van der Waals surface area contributed by atoms with Crippen molar-refractivity contribution < 1.29 is 8.83 Å². The molecular weight excluding hydrogens is 647 g/mol. The van der Waals surface area contributed by atoms with Crippen LogP contribution in [0.25, 0.3) is 55.0 Å². The van der Waals surface area contributed by atoms with Gasteiger partial charge in [-0.05, 0) is 100 Å². The molecule has 0 unspecified atom stereocenters. The standard InChI is InChI=1S/C48H29BN2O2/c1-2-12-30(13-3-1)31-26-42-48-43(27-31)51(33-23-25-47-37(29-33)35-15-5-11-21-45(35)53-47)41-19-9-7-17-39(41)49(48)38-16-6-8-18-40(38)50(42)32-22-24-46-36(28-32)34-14-4-10-20-44(34)52-46/h1-29H. The number of fused-ring (bicyclic) bond motifs is 10. The van der Waals surface area contributed by atoms with Crippen molar-refractivity contribution >= 4 is 101 Å². The molecule has 12 rings (SSSR count). The minimum absolute atomic E-state index is 0.0432. The summed E-state index contributed by atoms with van der Waals surface area (Å²) in [6, 6.07) is 63.3. The van der Waals surface area contributed by atoms with E-state index in [2.05, 4.69) is 161 Å². The number of para-hydroxylation sites is 4. The Morgan fingerprint density at radius 2 is 0.792 bits per heavy atom. The molecule has 4 nitrogen and oxygen atoms in total. The quantitative estimate of drug-likeness (QED) is 0.174. The summed E-state index contributed by atoms with van der Waals surface area (Å²) in [7, 11) is 0. The van der Waals surface area contributed by atoms with Crippen LogP contribution in [0.1, 0.15) is 0 Å². The molecule has 0 spiro atoms. The first kappa shape index (κ1) is 28.7. The Hall–Kier alpha value is -6.98. The highest BCUT2D eigenvalue weighted by molar-refractivity contribution is 7.00. The van der Waals surface area contributed by atoms with Crippen LogP contribution in [0, 0.1) is 0 Å². The van der Waals surface area contributed by atoms with Gasteiger partial charge in [-0.3, -0.25) is 0 Å². The summed E-state index contributed by atoms with van der Waals surface area (Å²) in [5.41, 5.74) is 16.7.